The first-order valence-corrected chi connectivity index (χ1v) is 7.42. The van der Waals surface area contributed by atoms with Crippen molar-refractivity contribution in [1.29, 1.82) is 0 Å². The SMILES string of the molecule is O=C(COC(=O)[C@H]1CC=CCC1)Nc1ccc(Br)cc1F. The summed E-state index contributed by atoms with van der Waals surface area (Å²) >= 11 is 3.13. The molecule has 0 bridgehead atoms. The lowest BCUT2D eigenvalue weighted by molar-refractivity contribution is -0.151. The first kappa shape index (κ1) is 15.7. The van der Waals surface area contributed by atoms with Gasteiger partial charge in [-0.1, -0.05) is 28.1 Å². The van der Waals surface area contributed by atoms with E-state index in [4.69, 9.17) is 4.74 Å². The van der Waals surface area contributed by atoms with Gasteiger partial charge in [-0.2, -0.15) is 0 Å². The average Bonchev–Trinajstić information content (AvgIpc) is 2.48. The molecule has 1 amide bonds. The normalized spacial score (nSPS) is 17.3. The third-order valence-corrected chi connectivity index (χ3v) is 3.65. The second-order valence-corrected chi connectivity index (χ2v) is 5.68. The zero-order valence-corrected chi connectivity index (χ0v) is 12.9. The first-order chi connectivity index (χ1) is 10.1. The summed E-state index contributed by atoms with van der Waals surface area (Å²) in [5, 5.41) is 2.37. The van der Waals surface area contributed by atoms with E-state index in [0.29, 0.717) is 10.9 Å². The van der Waals surface area contributed by atoms with E-state index in [1.54, 1.807) is 6.07 Å². The Morgan fingerprint density at radius 1 is 1.38 bits per heavy atom. The maximum absolute atomic E-state index is 13.5. The van der Waals surface area contributed by atoms with Gasteiger partial charge in [-0.3, -0.25) is 9.59 Å². The molecule has 1 aliphatic carbocycles. The van der Waals surface area contributed by atoms with Gasteiger partial charge < -0.3 is 10.1 Å². The Balaban J connectivity index is 1.81. The number of anilines is 1. The molecule has 0 heterocycles. The first-order valence-electron chi connectivity index (χ1n) is 6.63. The van der Waals surface area contributed by atoms with Crippen molar-refractivity contribution in [3.05, 3.63) is 40.6 Å². The zero-order chi connectivity index (χ0) is 15.2. The molecule has 6 heteroatoms. The van der Waals surface area contributed by atoms with E-state index in [9.17, 15) is 14.0 Å². The molecule has 1 aromatic carbocycles. The van der Waals surface area contributed by atoms with E-state index in [2.05, 4.69) is 21.2 Å². The van der Waals surface area contributed by atoms with Gasteiger partial charge in [0, 0.05) is 4.47 Å². The van der Waals surface area contributed by atoms with Crippen LogP contribution in [0.2, 0.25) is 0 Å². The maximum atomic E-state index is 13.5. The number of ether oxygens (including phenoxy) is 1. The Kier molecular flexibility index (Phi) is 5.50. The van der Waals surface area contributed by atoms with Gasteiger partial charge in [-0.05, 0) is 37.5 Å². The topological polar surface area (TPSA) is 55.4 Å². The van der Waals surface area contributed by atoms with Gasteiger partial charge in [-0.25, -0.2) is 4.39 Å². The summed E-state index contributed by atoms with van der Waals surface area (Å²) in [6.45, 7) is -0.408. The van der Waals surface area contributed by atoms with Gasteiger partial charge in [0.2, 0.25) is 0 Å². The van der Waals surface area contributed by atoms with Crippen LogP contribution in [0.1, 0.15) is 19.3 Å². The monoisotopic (exact) mass is 355 g/mol. The highest BCUT2D eigenvalue weighted by Crippen LogP contribution is 2.20. The predicted molar refractivity (Wildman–Crippen MR) is 80.2 cm³/mol. The second-order valence-electron chi connectivity index (χ2n) is 4.76. The lowest BCUT2D eigenvalue weighted by Crippen LogP contribution is -2.25. The van der Waals surface area contributed by atoms with Crippen LogP contribution in [0.3, 0.4) is 0 Å². The lowest BCUT2D eigenvalue weighted by Gasteiger charge is -2.16. The number of benzene rings is 1. The Bertz CT molecular complexity index is 574. The molecule has 0 saturated heterocycles. The molecule has 0 radical (unpaired) electrons. The second kappa shape index (κ2) is 7.36. The van der Waals surface area contributed by atoms with Crippen LogP contribution < -0.4 is 5.32 Å². The highest BCUT2D eigenvalue weighted by atomic mass is 79.9. The number of rotatable bonds is 4. The van der Waals surface area contributed by atoms with E-state index in [1.165, 1.54) is 12.1 Å². The van der Waals surface area contributed by atoms with Crippen molar-refractivity contribution < 1.29 is 18.7 Å². The molecule has 112 valence electrons. The average molecular weight is 356 g/mol. The summed E-state index contributed by atoms with van der Waals surface area (Å²) in [7, 11) is 0. The molecule has 21 heavy (non-hydrogen) atoms. The number of hydrogen-bond donors (Lipinski definition) is 1. The summed E-state index contributed by atoms with van der Waals surface area (Å²) in [6, 6.07) is 4.29. The number of carbonyl (C=O) groups is 2. The fraction of sp³-hybridized carbons (Fsp3) is 0.333. The van der Waals surface area contributed by atoms with Crippen LogP contribution in [0.5, 0.6) is 0 Å². The van der Waals surface area contributed by atoms with Crippen LogP contribution in [0.15, 0.2) is 34.8 Å². The summed E-state index contributed by atoms with van der Waals surface area (Å²) in [5.74, 6) is -1.68. The van der Waals surface area contributed by atoms with Crippen LogP contribution in [0.25, 0.3) is 0 Å². The Hall–Kier alpha value is -1.69. The predicted octanol–water partition coefficient (Wildman–Crippen LogP) is 3.43. The third kappa shape index (κ3) is 4.67. The summed E-state index contributed by atoms with van der Waals surface area (Å²) in [6.07, 6.45) is 6.18. The standard InChI is InChI=1S/C15H15BrFNO3/c16-11-6-7-13(12(17)8-11)18-14(19)9-21-15(20)10-4-2-1-3-5-10/h1-2,6-8,10H,3-5,9H2,(H,18,19)/t10-/m0/s1. The Labute approximate surface area is 130 Å². The minimum Gasteiger partial charge on any atom is -0.455 e. The number of hydrogen-bond acceptors (Lipinski definition) is 3. The molecule has 4 nitrogen and oxygen atoms in total. The molecule has 1 N–H and O–H groups in total. The fourth-order valence-corrected chi connectivity index (χ4v) is 2.37. The van der Waals surface area contributed by atoms with Gasteiger partial charge in [0.15, 0.2) is 6.61 Å². The highest BCUT2D eigenvalue weighted by Gasteiger charge is 2.21. The van der Waals surface area contributed by atoms with E-state index in [0.717, 1.165) is 12.8 Å². The highest BCUT2D eigenvalue weighted by molar-refractivity contribution is 9.10. The van der Waals surface area contributed by atoms with Crippen LogP contribution in [0.4, 0.5) is 10.1 Å². The van der Waals surface area contributed by atoms with E-state index >= 15 is 0 Å². The van der Waals surface area contributed by atoms with E-state index in [1.807, 2.05) is 12.2 Å². The summed E-state index contributed by atoms with van der Waals surface area (Å²) in [4.78, 5) is 23.4. The minimum absolute atomic E-state index is 0.0554. The molecule has 1 aliphatic rings. The molecular formula is C15H15BrFNO3. The van der Waals surface area contributed by atoms with Crippen molar-refractivity contribution in [2.75, 3.05) is 11.9 Å². The molecule has 0 fully saturated rings. The number of esters is 1. The largest absolute Gasteiger partial charge is 0.455 e. The molecule has 0 aliphatic heterocycles. The molecule has 0 spiro atoms. The summed E-state index contributed by atoms with van der Waals surface area (Å²) in [5.41, 5.74) is 0.0554. The van der Waals surface area contributed by atoms with Crippen molar-refractivity contribution in [3.63, 3.8) is 0 Å². The van der Waals surface area contributed by atoms with Gasteiger partial charge in [0.25, 0.3) is 5.91 Å². The molecule has 1 atom stereocenters. The van der Waals surface area contributed by atoms with Gasteiger partial charge in [0.1, 0.15) is 5.82 Å². The van der Waals surface area contributed by atoms with Crippen molar-refractivity contribution in [3.8, 4) is 0 Å². The third-order valence-electron chi connectivity index (χ3n) is 3.15. The van der Waals surface area contributed by atoms with Crippen LogP contribution in [0, 0.1) is 11.7 Å². The Morgan fingerprint density at radius 3 is 2.86 bits per heavy atom. The zero-order valence-electron chi connectivity index (χ0n) is 11.3. The number of carbonyl (C=O) groups excluding carboxylic acids is 2. The number of allylic oxidation sites excluding steroid dienone is 2. The summed E-state index contributed by atoms with van der Waals surface area (Å²) < 4.78 is 19.1. The van der Waals surface area contributed by atoms with E-state index < -0.39 is 18.3 Å². The molecule has 0 aromatic heterocycles. The molecular weight excluding hydrogens is 341 g/mol. The van der Waals surface area contributed by atoms with Gasteiger partial charge in [-0.15, -0.1) is 0 Å². The molecule has 2 rings (SSSR count). The minimum atomic E-state index is -0.559. The van der Waals surface area contributed by atoms with Crippen molar-refractivity contribution in [1.82, 2.24) is 0 Å². The van der Waals surface area contributed by atoms with Crippen molar-refractivity contribution >= 4 is 33.5 Å². The number of amides is 1. The van der Waals surface area contributed by atoms with Crippen molar-refractivity contribution in [2.24, 2.45) is 5.92 Å². The molecule has 0 saturated carbocycles. The van der Waals surface area contributed by atoms with Crippen LogP contribution in [-0.4, -0.2) is 18.5 Å². The molecule has 1 aromatic rings. The lowest BCUT2D eigenvalue weighted by atomic mass is 9.95. The fourth-order valence-electron chi connectivity index (χ4n) is 2.04. The number of halogens is 2. The van der Waals surface area contributed by atoms with Gasteiger partial charge in [0.05, 0.1) is 11.6 Å². The van der Waals surface area contributed by atoms with E-state index in [-0.39, 0.29) is 17.6 Å². The van der Waals surface area contributed by atoms with Crippen LogP contribution >= 0.6 is 15.9 Å². The smallest absolute Gasteiger partial charge is 0.309 e. The maximum Gasteiger partial charge on any atom is 0.309 e. The van der Waals surface area contributed by atoms with Crippen molar-refractivity contribution in [2.45, 2.75) is 19.3 Å². The van der Waals surface area contributed by atoms with Gasteiger partial charge >= 0.3 is 5.97 Å². The van der Waals surface area contributed by atoms with Crippen LogP contribution in [-0.2, 0) is 14.3 Å². The quantitative estimate of drug-likeness (QED) is 0.664. The Morgan fingerprint density at radius 2 is 2.19 bits per heavy atom. The number of nitrogens with one attached hydrogen (secondary N) is 1. The molecule has 0 unspecified atom stereocenters.